The number of nitrogens with one attached hydrogen (secondary N) is 1. The fraction of sp³-hybridized carbons (Fsp3) is 0.533. The second-order valence-electron chi connectivity index (χ2n) is 11.9. The van der Waals surface area contributed by atoms with E-state index in [0.29, 0.717) is 24.9 Å². The molecule has 1 saturated heterocycles. The summed E-state index contributed by atoms with van der Waals surface area (Å²) in [7, 11) is 0. The van der Waals surface area contributed by atoms with Gasteiger partial charge in [-0.3, -0.25) is 19.5 Å². The lowest BCUT2D eigenvalue weighted by Gasteiger charge is -2.49. The third-order valence-electron chi connectivity index (χ3n) is 6.83. The fourth-order valence-corrected chi connectivity index (χ4v) is 5.47. The van der Waals surface area contributed by atoms with Crippen LogP contribution < -0.4 is 10.1 Å². The first-order valence-electron chi connectivity index (χ1n) is 13.7. The van der Waals surface area contributed by atoms with Crippen LogP contribution in [0.5, 0.6) is 11.5 Å². The number of benzene rings is 1. The van der Waals surface area contributed by atoms with Crippen LogP contribution in [0.2, 0.25) is 0 Å². The number of carboxylic acids is 3. The Morgan fingerprint density at radius 2 is 1.60 bits per heavy atom. The summed E-state index contributed by atoms with van der Waals surface area (Å²) in [6.45, 7) is 13.0. The lowest BCUT2D eigenvalue weighted by Crippen LogP contribution is -2.62. The van der Waals surface area contributed by atoms with Gasteiger partial charge in [0.2, 0.25) is 0 Å². The van der Waals surface area contributed by atoms with Crippen molar-refractivity contribution in [3.05, 3.63) is 53.9 Å². The smallest absolute Gasteiger partial charge is 0.336 e. The summed E-state index contributed by atoms with van der Waals surface area (Å²) in [5, 5.41) is 48.3. The van der Waals surface area contributed by atoms with Crippen LogP contribution in [0.1, 0.15) is 71.4 Å². The van der Waals surface area contributed by atoms with E-state index in [-0.39, 0.29) is 16.8 Å². The Kier molecular flexibility index (Phi) is 11.8. The van der Waals surface area contributed by atoms with Gasteiger partial charge in [-0.15, -0.1) is 0 Å². The van der Waals surface area contributed by atoms with Crippen LogP contribution in [-0.2, 0) is 27.5 Å². The maximum absolute atomic E-state index is 10.8. The summed E-state index contributed by atoms with van der Waals surface area (Å²) in [6.07, 6.45) is 3.54. The minimum atomic E-state index is -2.74. The molecule has 0 aliphatic carbocycles. The molecule has 0 bridgehead atoms. The highest BCUT2D eigenvalue weighted by Gasteiger charge is 2.41. The molecule has 1 aliphatic rings. The van der Waals surface area contributed by atoms with Crippen molar-refractivity contribution >= 4 is 17.9 Å². The topological polar surface area (TPSA) is 190 Å². The average molecular weight is 590 g/mol. The van der Waals surface area contributed by atoms with E-state index in [1.165, 1.54) is 5.56 Å². The van der Waals surface area contributed by atoms with Gasteiger partial charge in [0.25, 0.3) is 0 Å². The Balaban J connectivity index is 0.000000401. The zero-order valence-corrected chi connectivity index (χ0v) is 24.8. The summed E-state index contributed by atoms with van der Waals surface area (Å²) < 4.78 is 5.60. The molecule has 1 aliphatic heterocycles. The molecule has 0 unspecified atom stereocenters. The monoisotopic (exact) mass is 589 g/mol. The molecule has 2 heterocycles. The number of carbonyl (C=O) groups is 3. The van der Waals surface area contributed by atoms with Crippen molar-refractivity contribution in [1.29, 1.82) is 0 Å². The van der Waals surface area contributed by atoms with Gasteiger partial charge in [-0.25, -0.2) is 4.79 Å². The number of phenolic OH excluding ortho intramolecular Hbond substituents is 1. The van der Waals surface area contributed by atoms with Crippen LogP contribution in [0.15, 0.2) is 42.7 Å². The van der Waals surface area contributed by atoms with Crippen molar-refractivity contribution in [2.24, 2.45) is 0 Å². The van der Waals surface area contributed by atoms with E-state index in [9.17, 15) is 19.5 Å². The van der Waals surface area contributed by atoms with Crippen molar-refractivity contribution in [2.75, 3.05) is 6.61 Å². The van der Waals surface area contributed by atoms with Gasteiger partial charge in [-0.2, -0.15) is 0 Å². The number of aromatic nitrogens is 1. The van der Waals surface area contributed by atoms with E-state index in [2.05, 4.69) is 49.0 Å². The first-order chi connectivity index (χ1) is 19.5. The molecule has 2 aromatic rings. The normalized spacial score (nSPS) is 16.3. The standard InChI is InChI=1S/C24H35N3O2.C6H8O7/c1-6-29-21-11-7-10-19(22(21)28)17-27(16-18-9-8-12-25-15-18)20-13-23(2,3)26-24(4,5)14-20;7-3(8)1-6(13,5(11)12)2-4(9)10/h7-12,15,20,26,28H,6,13-14,16-17H2,1-5H3;13H,1-2H2,(H,7,8)(H,9,10)(H,11,12). The number of aliphatic hydroxyl groups is 1. The number of piperidine rings is 1. The van der Waals surface area contributed by atoms with Gasteiger partial charge in [0, 0.05) is 48.2 Å². The zero-order valence-electron chi connectivity index (χ0n) is 24.8. The quantitative estimate of drug-likeness (QED) is 0.212. The maximum Gasteiger partial charge on any atom is 0.336 e. The summed E-state index contributed by atoms with van der Waals surface area (Å²) in [5.74, 6) is -4.22. The number of hydrogen-bond donors (Lipinski definition) is 6. The van der Waals surface area contributed by atoms with Gasteiger partial charge < -0.3 is 35.6 Å². The second kappa shape index (κ2) is 14.4. The number of rotatable bonds is 12. The van der Waals surface area contributed by atoms with Crippen molar-refractivity contribution in [3.8, 4) is 11.5 Å². The Morgan fingerprint density at radius 3 is 2.07 bits per heavy atom. The lowest BCUT2D eigenvalue weighted by molar-refractivity contribution is -0.170. The molecule has 1 fully saturated rings. The minimum Gasteiger partial charge on any atom is -0.504 e. The van der Waals surface area contributed by atoms with Gasteiger partial charge >= 0.3 is 17.9 Å². The molecular formula is C30H43N3O9. The van der Waals surface area contributed by atoms with Crippen LogP contribution in [0, 0.1) is 0 Å². The molecule has 0 radical (unpaired) electrons. The number of aliphatic carboxylic acids is 3. The largest absolute Gasteiger partial charge is 0.504 e. The Morgan fingerprint density at radius 1 is 1.00 bits per heavy atom. The van der Waals surface area contributed by atoms with Gasteiger partial charge in [0.1, 0.15) is 0 Å². The molecule has 232 valence electrons. The molecule has 0 spiro atoms. The minimum absolute atomic E-state index is 0.0504. The van der Waals surface area contributed by atoms with E-state index in [1.807, 2.05) is 43.6 Å². The SMILES string of the molecule is CCOc1cccc(CN(Cc2cccnc2)C2CC(C)(C)NC(C)(C)C2)c1O.O=C(O)CC(O)(CC(=O)O)C(=O)O. The maximum atomic E-state index is 10.8. The van der Waals surface area contributed by atoms with E-state index in [0.717, 1.165) is 24.9 Å². The number of aromatic hydroxyl groups is 1. The Labute approximate surface area is 246 Å². The van der Waals surface area contributed by atoms with Crippen LogP contribution in [0.3, 0.4) is 0 Å². The predicted octanol–water partition coefficient (Wildman–Crippen LogP) is 3.25. The number of nitrogens with zero attached hydrogens (tertiary/aromatic N) is 2. The number of hydrogen-bond acceptors (Lipinski definition) is 9. The lowest BCUT2D eigenvalue weighted by atomic mass is 9.78. The number of para-hydroxylation sites is 1. The molecule has 12 heteroatoms. The van der Waals surface area contributed by atoms with E-state index in [4.69, 9.17) is 25.2 Å². The summed E-state index contributed by atoms with van der Waals surface area (Å²) in [6, 6.07) is 10.3. The first-order valence-corrected chi connectivity index (χ1v) is 13.7. The number of pyridine rings is 1. The highest BCUT2D eigenvalue weighted by Crippen LogP contribution is 2.36. The van der Waals surface area contributed by atoms with Crippen molar-refractivity contribution in [2.45, 2.75) is 96.1 Å². The molecule has 42 heavy (non-hydrogen) atoms. The van der Waals surface area contributed by atoms with Crippen LogP contribution in [0.4, 0.5) is 0 Å². The number of ether oxygens (including phenoxy) is 1. The van der Waals surface area contributed by atoms with Crippen molar-refractivity contribution < 1.29 is 44.7 Å². The zero-order chi connectivity index (χ0) is 31.7. The third-order valence-corrected chi connectivity index (χ3v) is 6.83. The second-order valence-corrected chi connectivity index (χ2v) is 11.9. The summed E-state index contributed by atoms with van der Waals surface area (Å²) in [4.78, 5) is 37.3. The highest BCUT2D eigenvalue weighted by atomic mass is 16.5. The van der Waals surface area contributed by atoms with Crippen molar-refractivity contribution in [1.82, 2.24) is 15.2 Å². The molecule has 1 aromatic heterocycles. The Hall–Kier alpha value is -3.74. The number of carboxylic acid groups (broad SMARTS) is 3. The van der Waals surface area contributed by atoms with Crippen molar-refractivity contribution in [3.63, 3.8) is 0 Å². The molecule has 3 rings (SSSR count). The van der Waals surface area contributed by atoms with Crippen LogP contribution >= 0.6 is 0 Å². The Bertz CT molecular complexity index is 1190. The average Bonchev–Trinajstić information content (AvgIpc) is 2.84. The van der Waals surface area contributed by atoms with E-state index in [1.54, 1.807) is 0 Å². The van der Waals surface area contributed by atoms with E-state index >= 15 is 0 Å². The van der Waals surface area contributed by atoms with Gasteiger partial charge in [-0.1, -0.05) is 18.2 Å². The molecule has 0 saturated carbocycles. The van der Waals surface area contributed by atoms with Crippen LogP contribution in [0.25, 0.3) is 0 Å². The molecule has 0 atom stereocenters. The molecule has 12 nitrogen and oxygen atoms in total. The third kappa shape index (κ3) is 10.6. The first kappa shape index (κ1) is 34.5. The fourth-order valence-electron chi connectivity index (χ4n) is 5.47. The highest BCUT2D eigenvalue weighted by molar-refractivity contribution is 5.88. The number of phenols is 1. The summed E-state index contributed by atoms with van der Waals surface area (Å²) >= 11 is 0. The van der Waals surface area contributed by atoms with Gasteiger partial charge in [0.05, 0.1) is 19.4 Å². The molecule has 6 N–H and O–H groups in total. The molecule has 0 amide bonds. The van der Waals surface area contributed by atoms with E-state index < -0.39 is 36.4 Å². The molecule has 1 aromatic carbocycles. The van der Waals surface area contributed by atoms with Gasteiger partial charge in [0.15, 0.2) is 17.1 Å². The van der Waals surface area contributed by atoms with Crippen LogP contribution in [-0.4, -0.2) is 82.7 Å². The predicted molar refractivity (Wildman–Crippen MR) is 154 cm³/mol. The van der Waals surface area contributed by atoms with Gasteiger partial charge in [-0.05, 0) is 65.2 Å². The molecular weight excluding hydrogens is 546 g/mol. The summed E-state index contributed by atoms with van der Waals surface area (Å²) in [5.41, 5.74) is -0.558.